The molecule has 0 radical (unpaired) electrons. The van der Waals surface area contributed by atoms with Crippen molar-refractivity contribution in [3.63, 3.8) is 0 Å². The lowest BCUT2D eigenvalue weighted by atomic mass is 10.0. The summed E-state index contributed by atoms with van der Waals surface area (Å²) in [5.74, 6) is 1.02. The maximum atomic E-state index is 12.6. The number of nitrogens with zero attached hydrogens (tertiary/aromatic N) is 4. The Labute approximate surface area is 212 Å². The largest absolute Gasteiger partial charge is 0.467 e. The Balaban J connectivity index is 1.43. The van der Waals surface area contributed by atoms with Gasteiger partial charge >= 0.3 is 5.97 Å². The Morgan fingerprint density at radius 2 is 1.69 bits per heavy atom. The molecule has 8 heteroatoms. The van der Waals surface area contributed by atoms with Crippen molar-refractivity contribution in [1.82, 2.24) is 19.8 Å². The molecule has 2 aromatic carbocycles. The topological polar surface area (TPSA) is 87.7 Å². The van der Waals surface area contributed by atoms with Crippen LogP contribution in [-0.2, 0) is 20.9 Å². The number of benzene rings is 2. The van der Waals surface area contributed by atoms with Crippen molar-refractivity contribution in [1.29, 1.82) is 0 Å². The quantitative estimate of drug-likeness (QED) is 0.384. The van der Waals surface area contributed by atoms with Crippen LogP contribution >= 0.6 is 0 Å². The smallest absolute Gasteiger partial charge is 0.328 e. The number of fused-ring (bicyclic) bond motifs is 1. The van der Waals surface area contributed by atoms with E-state index in [-0.39, 0.29) is 17.8 Å². The number of hydrogen-bond donors (Lipinski definition) is 1. The van der Waals surface area contributed by atoms with E-state index in [2.05, 4.69) is 10.2 Å². The second kappa shape index (κ2) is 11.8. The van der Waals surface area contributed by atoms with Crippen molar-refractivity contribution in [2.75, 3.05) is 38.6 Å². The molecule has 1 N–H and O–H groups in total. The summed E-state index contributed by atoms with van der Waals surface area (Å²) in [4.78, 5) is 38.6. The number of anilines is 1. The second-order valence-electron chi connectivity index (χ2n) is 9.24. The van der Waals surface area contributed by atoms with Gasteiger partial charge in [0.2, 0.25) is 5.91 Å². The van der Waals surface area contributed by atoms with Gasteiger partial charge in [0.15, 0.2) is 0 Å². The van der Waals surface area contributed by atoms with Crippen LogP contribution in [0, 0.1) is 5.92 Å². The summed E-state index contributed by atoms with van der Waals surface area (Å²) >= 11 is 0. The van der Waals surface area contributed by atoms with Crippen LogP contribution in [0.1, 0.15) is 25.2 Å². The molecule has 8 nitrogen and oxygen atoms in total. The van der Waals surface area contributed by atoms with Gasteiger partial charge in [-0.15, -0.1) is 0 Å². The number of piperazine rings is 1. The number of para-hydroxylation sites is 1. The van der Waals surface area contributed by atoms with Gasteiger partial charge in [-0.2, -0.15) is 0 Å². The van der Waals surface area contributed by atoms with Crippen LogP contribution < -0.4 is 5.32 Å². The molecular weight excluding hydrogens is 454 g/mol. The third-order valence-electron chi connectivity index (χ3n) is 6.33. The standard InChI is InChI=1S/C28H33N5O3/c1-20(2)26(28(35)36-3)31-27-22-11-7-8-12-23(22)29-24(30-27)19-32-15-17-33(18-16-32)25(34)14-13-21-9-5-4-6-10-21/h4-14,20,26H,15-19H2,1-3H3,(H,29,30,31)/t26-/m0/s1. The summed E-state index contributed by atoms with van der Waals surface area (Å²) < 4.78 is 4.99. The first-order chi connectivity index (χ1) is 17.4. The number of aromatic nitrogens is 2. The van der Waals surface area contributed by atoms with Gasteiger partial charge in [-0.05, 0) is 29.7 Å². The number of methoxy groups -OCH3 is 1. The number of hydrogen-bond acceptors (Lipinski definition) is 7. The first-order valence-corrected chi connectivity index (χ1v) is 12.3. The molecule has 3 aromatic rings. The average molecular weight is 488 g/mol. The summed E-state index contributed by atoms with van der Waals surface area (Å²) in [5, 5.41) is 4.15. The lowest BCUT2D eigenvalue weighted by Gasteiger charge is -2.33. The SMILES string of the molecule is COC(=O)[C@@H](Nc1nc(CN2CCN(C(=O)C=Cc3ccccc3)CC2)nc2ccccc12)C(C)C. The van der Waals surface area contributed by atoms with Gasteiger partial charge < -0.3 is 15.0 Å². The summed E-state index contributed by atoms with van der Waals surface area (Å²) in [6, 6.07) is 17.1. The minimum atomic E-state index is -0.514. The van der Waals surface area contributed by atoms with E-state index in [0.29, 0.717) is 31.3 Å². The lowest BCUT2D eigenvalue weighted by Crippen LogP contribution is -2.48. The Kier molecular flexibility index (Phi) is 8.28. The van der Waals surface area contributed by atoms with Crippen LogP contribution in [-0.4, -0.2) is 71.0 Å². The van der Waals surface area contributed by atoms with Crippen molar-refractivity contribution in [3.05, 3.63) is 72.1 Å². The highest BCUT2D eigenvalue weighted by Crippen LogP contribution is 2.23. The van der Waals surface area contributed by atoms with E-state index < -0.39 is 6.04 Å². The first-order valence-electron chi connectivity index (χ1n) is 12.3. The zero-order valence-electron chi connectivity index (χ0n) is 21.1. The molecule has 1 aromatic heterocycles. The van der Waals surface area contributed by atoms with Crippen LogP contribution in [0.25, 0.3) is 17.0 Å². The van der Waals surface area contributed by atoms with E-state index in [0.717, 1.165) is 29.6 Å². The highest BCUT2D eigenvalue weighted by atomic mass is 16.5. The van der Waals surface area contributed by atoms with E-state index in [1.807, 2.05) is 79.4 Å². The van der Waals surface area contributed by atoms with Gasteiger partial charge in [-0.3, -0.25) is 9.69 Å². The minimum absolute atomic E-state index is 0.0227. The fourth-order valence-corrected chi connectivity index (χ4v) is 4.24. The Morgan fingerprint density at radius 1 is 1.00 bits per heavy atom. The van der Waals surface area contributed by atoms with E-state index >= 15 is 0 Å². The molecule has 0 saturated carbocycles. The number of amides is 1. The number of rotatable bonds is 8. The van der Waals surface area contributed by atoms with E-state index in [9.17, 15) is 9.59 Å². The summed E-state index contributed by atoms with van der Waals surface area (Å²) in [6.45, 7) is 7.26. The van der Waals surface area contributed by atoms with Crippen molar-refractivity contribution >= 4 is 34.7 Å². The highest BCUT2D eigenvalue weighted by Gasteiger charge is 2.25. The van der Waals surface area contributed by atoms with Crippen molar-refractivity contribution in [2.24, 2.45) is 5.92 Å². The maximum absolute atomic E-state index is 12.6. The maximum Gasteiger partial charge on any atom is 0.328 e. The van der Waals surface area contributed by atoms with Gasteiger partial charge in [0.1, 0.15) is 17.7 Å². The van der Waals surface area contributed by atoms with E-state index in [1.165, 1.54) is 7.11 Å². The zero-order chi connectivity index (χ0) is 25.5. The molecule has 1 amide bonds. The predicted molar refractivity (Wildman–Crippen MR) is 141 cm³/mol. The number of carbonyl (C=O) groups excluding carboxylic acids is 2. The molecule has 0 unspecified atom stereocenters. The molecule has 1 fully saturated rings. The van der Waals surface area contributed by atoms with Crippen LogP contribution in [0.5, 0.6) is 0 Å². The van der Waals surface area contributed by atoms with Crippen molar-refractivity contribution in [2.45, 2.75) is 26.4 Å². The number of carbonyl (C=O) groups is 2. The monoisotopic (exact) mass is 487 g/mol. The van der Waals surface area contributed by atoms with Gasteiger partial charge in [0, 0.05) is 37.6 Å². The molecule has 0 bridgehead atoms. The molecule has 1 saturated heterocycles. The fraction of sp³-hybridized carbons (Fsp3) is 0.357. The first kappa shape index (κ1) is 25.3. The van der Waals surface area contributed by atoms with Gasteiger partial charge in [0.25, 0.3) is 0 Å². The van der Waals surface area contributed by atoms with Gasteiger partial charge in [-0.1, -0.05) is 56.3 Å². The third kappa shape index (κ3) is 6.26. The van der Waals surface area contributed by atoms with Crippen molar-refractivity contribution in [3.8, 4) is 0 Å². The molecule has 1 atom stereocenters. The number of nitrogens with one attached hydrogen (secondary N) is 1. The Morgan fingerprint density at radius 3 is 2.39 bits per heavy atom. The van der Waals surface area contributed by atoms with Gasteiger partial charge in [-0.25, -0.2) is 14.8 Å². The molecule has 0 spiro atoms. The molecule has 0 aliphatic carbocycles. The highest BCUT2D eigenvalue weighted by molar-refractivity contribution is 5.92. The van der Waals surface area contributed by atoms with E-state index in [1.54, 1.807) is 6.08 Å². The Bertz CT molecular complexity index is 1220. The summed E-state index contributed by atoms with van der Waals surface area (Å²) in [6.07, 6.45) is 3.49. The molecule has 2 heterocycles. The van der Waals surface area contributed by atoms with Crippen molar-refractivity contribution < 1.29 is 14.3 Å². The predicted octanol–water partition coefficient (Wildman–Crippen LogP) is 3.60. The molecule has 188 valence electrons. The fourth-order valence-electron chi connectivity index (χ4n) is 4.24. The molecule has 1 aliphatic heterocycles. The summed E-state index contributed by atoms with van der Waals surface area (Å²) in [5.41, 5.74) is 1.83. The van der Waals surface area contributed by atoms with Crippen LogP contribution in [0.2, 0.25) is 0 Å². The molecular formula is C28H33N5O3. The van der Waals surface area contributed by atoms with Crippen LogP contribution in [0.3, 0.4) is 0 Å². The average Bonchev–Trinajstić information content (AvgIpc) is 2.90. The molecule has 36 heavy (non-hydrogen) atoms. The van der Waals surface area contributed by atoms with E-state index in [4.69, 9.17) is 14.7 Å². The van der Waals surface area contributed by atoms with Crippen LogP contribution in [0.15, 0.2) is 60.7 Å². The molecule has 1 aliphatic rings. The number of ether oxygens (including phenoxy) is 1. The summed E-state index contributed by atoms with van der Waals surface area (Å²) in [7, 11) is 1.39. The minimum Gasteiger partial charge on any atom is -0.467 e. The Hall–Kier alpha value is -3.78. The third-order valence-corrected chi connectivity index (χ3v) is 6.33. The normalized spacial score (nSPS) is 15.4. The lowest BCUT2D eigenvalue weighted by molar-refractivity contribution is -0.142. The van der Waals surface area contributed by atoms with Crippen LogP contribution in [0.4, 0.5) is 5.82 Å². The zero-order valence-corrected chi connectivity index (χ0v) is 21.1. The molecule has 4 rings (SSSR count). The second-order valence-corrected chi connectivity index (χ2v) is 9.24. The van der Waals surface area contributed by atoms with Gasteiger partial charge in [0.05, 0.1) is 19.2 Å². The number of esters is 1.